The first-order chi connectivity index (χ1) is 10.0. The molecule has 0 fully saturated rings. The Balaban J connectivity index is 1.98. The summed E-state index contributed by atoms with van der Waals surface area (Å²) in [6, 6.07) is 14.7. The second kappa shape index (κ2) is 6.66. The summed E-state index contributed by atoms with van der Waals surface area (Å²) in [5.74, 6) is -0.196. The van der Waals surface area contributed by atoms with Gasteiger partial charge in [0.15, 0.2) is 5.78 Å². The molecule has 0 spiro atoms. The summed E-state index contributed by atoms with van der Waals surface area (Å²) >= 11 is 0. The molecule has 106 valence electrons. The Morgan fingerprint density at radius 1 is 0.952 bits per heavy atom. The first kappa shape index (κ1) is 14.7. The van der Waals surface area contributed by atoms with Crippen LogP contribution in [0.3, 0.4) is 0 Å². The van der Waals surface area contributed by atoms with Crippen LogP contribution >= 0.6 is 0 Å². The van der Waals surface area contributed by atoms with E-state index in [9.17, 15) is 9.59 Å². The van der Waals surface area contributed by atoms with E-state index < -0.39 is 0 Å². The fourth-order valence-corrected chi connectivity index (χ4v) is 1.82. The molecule has 0 heterocycles. The van der Waals surface area contributed by atoms with Gasteiger partial charge in [-0.1, -0.05) is 29.8 Å². The summed E-state index contributed by atoms with van der Waals surface area (Å²) in [5.41, 5.74) is 3.45. The molecule has 3 heteroatoms. The van der Waals surface area contributed by atoms with Gasteiger partial charge in [-0.2, -0.15) is 0 Å². The van der Waals surface area contributed by atoms with Crippen molar-refractivity contribution in [2.45, 2.75) is 13.8 Å². The van der Waals surface area contributed by atoms with Gasteiger partial charge in [-0.25, -0.2) is 0 Å². The van der Waals surface area contributed by atoms with E-state index in [1.54, 1.807) is 30.3 Å². The molecule has 0 aromatic heterocycles. The average molecular weight is 279 g/mol. The molecule has 2 rings (SSSR count). The molecule has 0 saturated carbocycles. The lowest BCUT2D eigenvalue weighted by molar-refractivity contribution is -0.111. The number of aryl methyl sites for hydroxylation is 1. The molecule has 1 N–H and O–H groups in total. The lowest BCUT2D eigenvalue weighted by Gasteiger charge is -2.03. The predicted octanol–water partition coefficient (Wildman–Crippen LogP) is 3.85. The molecule has 0 unspecified atom stereocenters. The standard InChI is InChI=1S/C18H17NO2/c1-13-3-5-15(6-4-13)7-12-18(21)19-17-10-8-16(9-11-17)14(2)20/h3-12H,1-2H3,(H,19,21). The van der Waals surface area contributed by atoms with Gasteiger partial charge in [0.2, 0.25) is 5.91 Å². The molecule has 0 aliphatic carbocycles. The van der Waals surface area contributed by atoms with Crippen LogP contribution < -0.4 is 5.32 Å². The molecular weight excluding hydrogens is 262 g/mol. The van der Waals surface area contributed by atoms with Crippen LogP contribution in [0.15, 0.2) is 54.6 Å². The second-order valence-corrected chi connectivity index (χ2v) is 4.87. The average Bonchev–Trinajstić information content (AvgIpc) is 2.47. The van der Waals surface area contributed by atoms with Gasteiger partial charge in [0.05, 0.1) is 0 Å². The van der Waals surface area contributed by atoms with Crippen molar-refractivity contribution in [1.82, 2.24) is 0 Å². The van der Waals surface area contributed by atoms with Crippen LogP contribution in [0.5, 0.6) is 0 Å². The Kier molecular flexibility index (Phi) is 4.67. The highest BCUT2D eigenvalue weighted by Gasteiger charge is 2.01. The molecular formula is C18H17NO2. The van der Waals surface area contributed by atoms with Crippen LogP contribution in [0.1, 0.15) is 28.4 Å². The Labute approximate surface area is 124 Å². The van der Waals surface area contributed by atoms with Gasteiger partial charge >= 0.3 is 0 Å². The number of anilines is 1. The molecule has 2 aromatic rings. The van der Waals surface area contributed by atoms with E-state index in [4.69, 9.17) is 0 Å². The van der Waals surface area contributed by atoms with Crippen molar-refractivity contribution in [3.05, 3.63) is 71.3 Å². The molecule has 1 amide bonds. The zero-order chi connectivity index (χ0) is 15.2. The normalized spacial score (nSPS) is 10.6. The van der Waals surface area contributed by atoms with Crippen molar-refractivity contribution < 1.29 is 9.59 Å². The number of benzene rings is 2. The van der Waals surface area contributed by atoms with Gasteiger partial charge in [-0.3, -0.25) is 9.59 Å². The molecule has 0 radical (unpaired) electrons. The zero-order valence-corrected chi connectivity index (χ0v) is 12.1. The Morgan fingerprint density at radius 2 is 1.57 bits per heavy atom. The van der Waals surface area contributed by atoms with Crippen molar-refractivity contribution in [1.29, 1.82) is 0 Å². The van der Waals surface area contributed by atoms with E-state index in [1.165, 1.54) is 18.6 Å². The smallest absolute Gasteiger partial charge is 0.248 e. The Morgan fingerprint density at radius 3 is 2.14 bits per heavy atom. The monoisotopic (exact) mass is 279 g/mol. The summed E-state index contributed by atoms with van der Waals surface area (Å²) in [5, 5.41) is 2.75. The first-order valence-corrected chi connectivity index (χ1v) is 6.71. The summed E-state index contributed by atoms with van der Waals surface area (Å²) in [6.45, 7) is 3.53. The number of amides is 1. The maximum absolute atomic E-state index is 11.8. The molecule has 0 aliphatic heterocycles. The minimum Gasteiger partial charge on any atom is -0.323 e. The van der Waals surface area contributed by atoms with Gasteiger partial charge in [0, 0.05) is 17.3 Å². The third kappa shape index (κ3) is 4.42. The summed E-state index contributed by atoms with van der Waals surface area (Å²) in [7, 11) is 0. The largest absolute Gasteiger partial charge is 0.323 e. The van der Waals surface area contributed by atoms with Gasteiger partial charge in [-0.15, -0.1) is 0 Å². The van der Waals surface area contributed by atoms with Gasteiger partial charge in [0.25, 0.3) is 0 Å². The minimum atomic E-state index is -0.203. The number of hydrogen-bond donors (Lipinski definition) is 1. The minimum absolute atomic E-state index is 0.00661. The molecule has 21 heavy (non-hydrogen) atoms. The van der Waals surface area contributed by atoms with Gasteiger partial charge in [-0.05, 0) is 49.8 Å². The number of rotatable bonds is 4. The fraction of sp³-hybridized carbons (Fsp3) is 0.111. The topological polar surface area (TPSA) is 46.2 Å². The molecule has 0 bridgehead atoms. The van der Waals surface area contributed by atoms with Crippen LogP contribution in [0.25, 0.3) is 6.08 Å². The highest BCUT2D eigenvalue weighted by molar-refractivity contribution is 6.02. The van der Waals surface area contributed by atoms with E-state index in [0.717, 1.165) is 5.56 Å². The molecule has 0 saturated heterocycles. The summed E-state index contributed by atoms with van der Waals surface area (Å²) in [4.78, 5) is 23.0. The predicted molar refractivity (Wildman–Crippen MR) is 85.3 cm³/mol. The van der Waals surface area contributed by atoms with Crippen LogP contribution in [0.2, 0.25) is 0 Å². The third-order valence-electron chi connectivity index (χ3n) is 3.06. The van der Waals surface area contributed by atoms with E-state index in [1.807, 2.05) is 31.2 Å². The number of carbonyl (C=O) groups is 2. The fourth-order valence-electron chi connectivity index (χ4n) is 1.82. The van der Waals surface area contributed by atoms with Crippen LogP contribution in [-0.4, -0.2) is 11.7 Å². The molecule has 0 atom stereocenters. The summed E-state index contributed by atoms with van der Waals surface area (Å²) < 4.78 is 0. The quantitative estimate of drug-likeness (QED) is 0.682. The first-order valence-electron chi connectivity index (χ1n) is 6.71. The number of carbonyl (C=O) groups excluding carboxylic acids is 2. The van der Waals surface area contributed by atoms with Gasteiger partial charge in [0.1, 0.15) is 0 Å². The van der Waals surface area contributed by atoms with Crippen molar-refractivity contribution in [3.8, 4) is 0 Å². The lowest BCUT2D eigenvalue weighted by Crippen LogP contribution is -2.07. The van der Waals surface area contributed by atoms with E-state index in [2.05, 4.69) is 5.32 Å². The second-order valence-electron chi connectivity index (χ2n) is 4.87. The number of Topliss-reactive ketones (excluding diaryl/α,β-unsaturated/α-hetero) is 1. The van der Waals surface area contributed by atoms with Crippen molar-refractivity contribution >= 4 is 23.5 Å². The SMILES string of the molecule is CC(=O)c1ccc(NC(=O)C=Cc2ccc(C)cc2)cc1. The Bertz CT molecular complexity index is 667. The van der Waals surface area contributed by atoms with Crippen LogP contribution in [0, 0.1) is 6.92 Å². The Hall–Kier alpha value is -2.68. The molecule has 0 aliphatic rings. The molecule has 3 nitrogen and oxygen atoms in total. The van der Waals surface area contributed by atoms with Crippen LogP contribution in [-0.2, 0) is 4.79 Å². The van der Waals surface area contributed by atoms with E-state index in [-0.39, 0.29) is 11.7 Å². The van der Waals surface area contributed by atoms with E-state index in [0.29, 0.717) is 11.3 Å². The maximum atomic E-state index is 11.8. The van der Waals surface area contributed by atoms with Gasteiger partial charge < -0.3 is 5.32 Å². The highest BCUT2D eigenvalue weighted by Crippen LogP contribution is 2.10. The number of hydrogen-bond acceptors (Lipinski definition) is 2. The number of ketones is 1. The number of nitrogens with one attached hydrogen (secondary N) is 1. The third-order valence-corrected chi connectivity index (χ3v) is 3.06. The zero-order valence-electron chi connectivity index (χ0n) is 12.1. The van der Waals surface area contributed by atoms with E-state index >= 15 is 0 Å². The summed E-state index contributed by atoms with van der Waals surface area (Å²) in [6.07, 6.45) is 3.25. The van der Waals surface area contributed by atoms with Crippen molar-refractivity contribution in [3.63, 3.8) is 0 Å². The molecule has 2 aromatic carbocycles. The lowest BCUT2D eigenvalue weighted by atomic mass is 10.1. The maximum Gasteiger partial charge on any atom is 0.248 e. The van der Waals surface area contributed by atoms with Crippen LogP contribution in [0.4, 0.5) is 5.69 Å². The highest BCUT2D eigenvalue weighted by atomic mass is 16.1. The van der Waals surface area contributed by atoms with Crippen molar-refractivity contribution in [2.24, 2.45) is 0 Å². The van der Waals surface area contributed by atoms with Crippen molar-refractivity contribution in [2.75, 3.05) is 5.32 Å².